The minimum atomic E-state index is -0.461. The number of fused-ring (bicyclic) bond motifs is 7. The van der Waals surface area contributed by atoms with Crippen LogP contribution in [0.25, 0.3) is 233 Å². The van der Waals surface area contributed by atoms with Crippen molar-refractivity contribution < 1.29 is 6.85 Å². The number of hydrogen-bond acceptors (Lipinski definition) is 9. The van der Waals surface area contributed by atoms with Crippen molar-refractivity contribution in [2.75, 3.05) is 0 Å². The van der Waals surface area contributed by atoms with Crippen LogP contribution in [0.5, 0.6) is 0 Å². The lowest BCUT2D eigenvalue weighted by molar-refractivity contribution is 1.18. The summed E-state index contributed by atoms with van der Waals surface area (Å²) in [5.41, 5.74) is 25.3. The minimum Gasteiger partial charge on any atom is -0.264 e. The quantitative estimate of drug-likeness (QED) is 0.0925. The molecule has 0 aliphatic carbocycles. The van der Waals surface area contributed by atoms with Gasteiger partial charge in [-0.2, -0.15) is 0 Å². The van der Waals surface area contributed by atoms with E-state index in [0.29, 0.717) is 23.0 Å². The summed E-state index contributed by atoms with van der Waals surface area (Å²) in [4.78, 5) is 43.4. The van der Waals surface area contributed by atoms with Crippen molar-refractivity contribution in [1.82, 2.24) is 44.9 Å². The predicted octanol–water partition coefficient (Wildman–Crippen LogP) is 31.5. The van der Waals surface area contributed by atoms with Gasteiger partial charge >= 0.3 is 0 Å². The minimum absolute atomic E-state index is 0.0433. The van der Waals surface area contributed by atoms with Gasteiger partial charge in [-0.25, -0.2) is 29.9 Å². The molecule has 6 heterocycles. The molecule has 0 amide bonds. The smallest absolute Gasteiger partial charge is 0.161 e. The highest BCUT2D eigenvalue weighted by atomic mass is 14.9. The van der Waals surface area contributed by atoms with Crippen LogP contribution in [0, 0.1) is 0 Å². The third-order valence-electron chi connectivity index (χ3n) is 24.1. The van der Waals surface area contributed by atoms with Crippen LogP contribution >= 0.6 is 0 Å². The van der Waals surface area contributed by atoms with E-state index >= 15 is 0 Å². The van der Waals surface area contributed by atoms with E-state index in [0.717, 1.165) is 144 Å². The lowest BCUT2D eigenvalue weighted by Crippen LogP contribution is -1.97. The number of rotatable bonds is 15. The number of pyridine rings is 3. The van der Waals surface area contributed by atoms with Crippen LogP contribution < -0.4 is 0 Å². The second-order valence-corrected chi connectivity index (χ2v) is 32.5. The van der Waals surface area contributed by atoms with Gasteiger partial charge in [0.15, 0.2) is 17.5 Å². The summed E-state index contributed by atoms with van der Waals surface area (Å²) in [5.74, 6) is 1.46. The first-order valence-electron chi connectivity index (χ1n) is 46.4. The molecule has 0 N–H and O–H groups in total. The zero-order chi connectivity index (χ0) is 92.2. The summed E-state index contributed by atoms with van der Waals surface area (Å²) in [7, 11) is 0. The molecule has 0 unspecified atom stereocenters. The number of aromatic nitrogens is 9. The summed E-state index contributed by atoms with van der Waals surface area (Å²) in [6, 6.07) is 145. The first-order valence-corrected chi connectivity index (χ1v) is 43.9. The number of benzene rings is 18. The molecule has 24 rings (SSSR count). The van der Waals surface area contributed by atoms with Crippen LogP contribution in [0.1, 0.15) is 6.85 Å². The van der Waals surface area contributed by atoms with E-state index in [9.17, 15) is 0 Å². The summed E-state index contributed by atoms with van der Waals surface area (Å²) >= 11 is 0. The highest BCUT2D eigenvalue weighted by molar-refractivity contribution is 6.13. The fraction of sp³-hybridized carbons (Fsp3) is 0. The Bertz CT molecular complexity index is 8730. The fourth-order valence-electron chi connectivity index (χ4n) is 17.4. The van der Waals surface area contributed by atoms with Crippen molar-refractivity contribution in [2.45, 2.75) is 0 Å². The van der Waals surface area contributed by atoms with E-state index in [1.165, 1.54) is 54.2 Å². The van der Waals surface area contributed by atoms with Gasteiger partial charge in [-0.3, -0.25) is 15.0 Å². The molecule has 24 aromatic rings. The third kappa shape index (κ3) is 17.2. The van der Waals surface area contributed by atoms with Crippen LogP contribution in [0.3, 0.4) is 0 Å². The maximum Gasteiger partial charge on any atom is 0.161 e. The normalized spacial score (nSPS) is 11.7. The van der Waals surface area contributed by atoms with Crippen molar-refractivity contribution in [3.05, 3.63) is 492 Å². The third-order valence-corrected chi connectivity index (χ3v) is 24.1. The second kappa shape index (κ2) is 36.3. The molecule has 618 valence electrons. The Balaban J connectivity index is 0.000000119. The molecule has 0 fully saturated rings. The largest absolute Gasteiger partial charge is 0.264 e. The molecule has 9 nitrogen and oxygen atoms in total. The monoisotopic (exact) mass is 1690 g/mol. The van der Waals surface area contributed by atoms with Gasteiger partial charge in [-0.05, 0) is 218 Å². The standard InChI is InChI=1S/C45H29N3.C41H27N3.C37H25N3/c1-2-11-31-24-34(22-21-30(31)10-1)32-13-7-15-36(25-32)43-28-44(37-16-8-14-33(26-37)38-17-9-23-46-29-38)48-45(47-43)42-27-35-12-3-4-18-39(35)40-19-5-6-20-41(40)42;1-3-10-30-22-34(19-17-28(30)8-1)32-12-5-14-35(23-32)39-26-40(36-15-6-13-33(24-36)38-16-7-21-42-27-38)44-41(43-39)37-20-18-29-9-2-4-11-31(29)25-37;1-2-10-27(11-3-1)37-39-35(24-36(40-37)33-16-7-14-30(23-33)34-17-8-20-38-25-34)32-15-6-13-29(22-32)31-19-18-26-9-4-5-12-28(26)21-31/h1-29H;1-27H;1-25H/i;;1D,2D,3D,10D,11D. The zero-order valence-corrected chi connectivity index (χ0v) is 71.4. The van der Waals surface area contributed by atoms with Gasteiger partial charge in [-0.15, -0.1) is 0 Å². The van der Waals surface area contributed by atoms with Crippen LogP contribution in [0.4, 0.5) is 0 Å². The van der Waals surface area contributed by atoms with E-state index in [4.69, 9.17) is 36.8 Å². The van der Waals surface area contributed by atoms with Gasteiger partial charge in [0, 0.05) is 104 Å². The van der Waals surface area contributed by atoms with Crippen LogP contribution in [0.15, 0.2) is 492 Å². The maximum absolute atomic E-state index is 8.62. The maximum atomic E-state index is 8.62. The van der Waals surface area contributed by atoms with E-state index in [2.05, 4.69) is 349 Å². The van der Waals surface area contributed by atoms with Gasteiger partial charge in [0.1, 0.15) is 0 Å². The van der Waals surface area contributed by atoms with Crippen LogP contribution in [0.2, 0.25) is 0 Å². The highest BCUT2D eigenvalue weighted by Gasteiger charge is 2.20. The van der Waals surface area contributed by atoms with Gasteiger partial charge < -0.3 is 0 Å². The van der Waals surface area contributed by atoms with Crippen LogP contribution in [-0.4, -0.2) is 44.9 Å². The van der Waals surface area contributed by atoms with Gasteiger partial charge in [0.2, 0.25) is 0 Å². The fourth-order valence-corrected chi connectivity index (χ4v) is 17.4. The summed E-state index contributed by atoms with van der Waals surface area (Å²) in [6.07, 6.45) is 10.9. The van der Waals surface area contributed by atoms with Crippen molar-refractivity contribution in [2.24, 2.45) is 0 Å². The summed E-state index contributed by atoms with van der Waals surface area (Å²) in [5, 5.41) is 14.3. The van der Waals surface area contributed by atoms with E-state index < -0.39 is 18.1 Å². The molecule has 6 aromatic heterocycles. The van der Waals surface area contributed by atoms with Gasteiger partial charge in [-0.1, -0.05) is 352 Å². The Morgan fingerprint density at radius 2 is 0.409 bits per heavy atom. The second-order valence-electron chi connectivity index (χ2n) is 32.5. The topological polar surface area (TPSA) is 116 Å². The molecular weight excluding hydrogens is 1600 g/mol. The van der Waals surface area contributed by atoms with Gasteiger partial charge in [0.05, 0.1) is 41.0 Å². The summed E-state index contributed by atoms with van der Waals surface area (Å²) in [6.45, 7) is 0. The first kappa shape index (κ1) is 74.5. The predicted molar refractivity (Wildman–Crippen MR) is 546 cm³/mol. The molecule has 0 bridgehead atoms. The zero-order valence-electron chi connectivity index (χ0n) is 76.4. The average molecular weight is 1690 g/mol. The molecule has 0 saturated carbocycles. The molecule has 132 heavy (non-hydrogen) atoms. The molecule has 0 spiro atoms. The Kier molecular flexibility index (Phi) is 20.5. The molecule has 0 atom stereocenters. The molecule has 0 radical (unpaired) electrons. The van der Waals surface area contributed by atoms with Crippen molar-refractivity contribution in [1.29, 1.82) is 0 Å². The van der Waals surface area contributed by atoms with E-state index in [1.807, 2.05) is 103 Å². The molecule has 0 aliphatic heterocycles. The number of hydrogen-bond donors (Lipinski definition) is 0. The number of nitrogens with zero attached hydrogens (tertiary/aromatic N) is 9. The Morgan fingerprint density at radius 3 is 0.750 bits per heavy atom. The Morgan fingerprint density at radius 1 is 0.152 bits per heavy atom. The molecular formula is C123H81N9. The average Bonchev–Trinajstić information content (AvgIpc) is 0.758. The lowest BCUT2D eigenvalue weighted by Gasteiger charge is -2.14. The van der Waals surface area contributed by atoms with E-state index in [1.54, 1.807) is 24.8 Å². The summed E-state index contributed by atoms with van der Waals surface area (Å²) < 4.78 is 41.8. The Labute approximate surface area is 772 Å². The van der Waals surface area contributed by atoms with E-state index in [-0.39, 0.29) is 23.5 Å². The van der Waals surface area contributed by atoms with Crippen LogP contribution in [-0.2, 0) is 0 Å². The van der Waals surface area contributed by atoms with Crippen molar-refractivity contribution in [3.8, 4) is 168 Å². The first-order chi connectivity index (χ1) is 67.4. The molecule has 18 aromatic carbocycles. The lowest BCUT2D eigenvalue weighted by atomic mass is 9.96. The molecule has 0 saturated heterocycles. The highest BCUT2D eigenvalue weighted by Crippen LogP contribution is 2.41. The van der Waals surface area contributed by atoms with Crippen molar-refractivity contribution >= 4 is 64.6 Å². The Hall–Kier alpha value is -17.8. The van der Waals surface area contributed by atoms with Gasteiger partial charge in [0.25, 0.3) is 0 Å². The SMILES string of the molecule is [2H]c1c([2H])c([2H])c(-c2nc(-c3cccc(-c4cccnc4)c3)cc(-c3cccc(-c4ccc5ccccc5c4)c3)n2)c([2H])c1[2H].c1cncc(-c2cccc(-c3cc(-c4cccc(-c5ccc6ccccc6c5)c4)nc(-c4cc5ccccc5c5ccccc45)n3)c2)c1.c1cncc(-c2cccc(-c3cc(-c4cccc(-c5ccc6ccccc6c5)c4)nc(-c4ccc5ccccc5c4)n3)c2)c1. The molecule has 9 heteroatoms. The molecule has 0 aliphatic rings. The van der Waals surface area contributed by atoms with Crippen molar-refractivity contribution in [3.63, 3.8) is 0 Å².